The average molecular weight is 428 g/mol. The second-order valence-corrected chi connectivity index (χ2v) is 6.60. The number of fused-ring (bicyclic) bond motifs is 1. The Morgan fingerprint density at radius 2 is 2.13 bits per heavy atom. The zero-order valence-electron chi connectivity index (χ0n) is 14.4. The van der Waals surface area contributed by atoms with E-state index in [9.17, 15) is 0 Å². The molecule has 1 aromatic carbocycles. The number of halogens is 1. The Morgan fingerprint density at radius 1 is 1.39 bits per heavy atom. The molecule has 1 fully saturated rings. The van der Waals surface area contributed by atoms with Crippen molar-refractivity contribution in [2.24, 2.45) is 10.9 Å². The minimum absolute atomic E-state index is 0. The van der Waals surface area contributed by atoms with Gasteiger partial charge < -0.3 is 15.5 Å². The Morgan fingerprint density at radius 3 is 2.83 bits per heavy atom. The van der Waals surface area contributed by atoms with Gasteiger partial charge in [-0.15, -0.1) is 24.0 Å². The van der Waals surface area contributed by atoms with Gasteiger partial charge in [0.1, 0.15) is 0 Å². The van der Waals surface area contributed by atoms with E-state index in [0.717, 1.165) is 37.9 Å². The lowest BCUT2D eigenvalue weighted by Crippen LogP contribution is -2.41. The molecule has 1 saturated carbocycles. The number of nitrogens with one attached hydrogen (secondary N) is 2. The Bertz CT molecular complexity index is 546. The number of para-hydroxylation sites is 1. The number of hydrogen-bond acceptors (Lipinski definition) is 2. The summed E-state index contributed by atoms with van der Waals surface area (Å²) in [6.07, 6.45) is 2.42. The number of rotatable bonds is 5. The molecule has 1 aromatic rings. The molecule has 3 rings (SSSR count). The van der Waals surface area contributed by atoms with E-state index in [1.165, 1.54) is 17.7 Å². The molecule has 0 radical (unpaired) electrons. The SMILES string of the molecule is CCNC(=NCC(C)N1CCc2ccccc21)NC1CC1C.I. The van der Waals surface area contributed by atoms with Crippen molar-refractivity contribution in [2.75, 3.05) is 24.5 Å². The standard InChI is InChI=1S/C18H28N4.HI/c1-4-19-18(21-16-11-13(16)2)20-12-14(3)22-10-9-15-7-5-6-8-17(15)22;/h5-8,13-14,16H,4,9-12H2,1-3H3,(H2,19,20,21);1H. The molecule has 4 nitrogen and oxygen atoms in total. The van der Waals surface area contributed by atoms with Crippen molar-refractivity contribution in [1.29, 1.82) is 0 Å². The Kier molecular flexibility index (Phi) is 6.56. The van der Waals surface area contributed by atoms with Gasteiger partial charge in [0, 0.05) is 30.9 Å². The third kappa shape index (κ3) is 4.52. The molecule has 2 aliphatic rings. The molecule has 128 valence electrons. The number of nitrogens with zero attached hydrogens (tertiary/aromatic N) is 2. The maximum Gasteiger partial charge on any atom is 0.191 e. The zero-order valence-corrected chi connectivity index (χ0v) is 16.7. The van der Waals surface area contributed by atoms with Crippen LogP contribution in [0.5, 0.6) is 0 Å². The molecule has 0 saturated heterocycles. The van der Waals surface area contributed by atoms with Crippen LogP contribution in [0.3, 0.4) is 0 Å². The summed E-state index contributed by atoms with van der Waals surface area (Å²) in [7, 11) is 0. The molecule has 0 bridgehead atoms. The quantitative estimate of drug-likeness (QED) is 0.431. The minimum Gasteiger partial charge on any atom is -0.366 e. The molecule has 1 heterocycles. The number of hydrogen-bond donors (Lipinski definition) is 2. The van der Waals surface area contributed by atoms with E-state index < -0.39 is 0 Å². The molecule has 5 heteroatoms. The third-order valence-corrected chi connectivity index (χ3v) is 4.74. The van der Waals surface area contributed by atoms with Gasteiger partial charge in [0.05, 0.1) is 6.54 Å². The van der Waals surface area contributed by atoms with Crippen molar-refractivity contribution < 1.29 is 0 Å². The number of aliphatic imine (C=N–C) groups is 1. The van der Waals surface area contributed by atoms with E-state index >= 15 is 0 Å². The summed E-state index contributed by atoms with van der Waals surface area (Å²) in [5, 5.41) is 6.89. The van der Waals surface area contributed by atoms with Gasteiger partial charge in [0.2, 0.25) is 0 Å². The summed E-state index contributed by atoms with van der Waals surface area (Å²) in [5.74, 6) is 1.75. The first kappa shape index (κ1) is 18.4. The van der Waals surface area contributed by atoms with Crippen molar-refractivity contribution in [3.8, 4) is 0 Å². The van der Waals surface area contributed by atoms with Crippen LogP contribution in [0, 0.1) is 5.92 Å². The Labute approximate surface area is 157 Å². The summed E-state index contributed by atoms with van der Waals surface area (Å²) >= 11 is 0. The van der Waals surface area contributed by atoms with Crippen LogP contribution in [-0.2, 0) is 6.42 Å². The fourth-order valence-corrected chi connectivity index (χ4v) is 3.16. The van der Waals surface area contributed by atoms with Gasteiger partial charge in [-0.3, -0.25) is 4.99 Å². The summed E-state index contributed by atoms with van der Waals surface area (Å²) in [5.41, 5.74) is 2.86. The first-order valence-electron chi connectivity index (χ1n) is 8.58. The van der Waals surface area contributed by atoms with E-state index in [2.05, 4.69) is 60.6 Å². The van der Waals surface area contributed by atoms with E-state index in [1.807, 2.05) is 0 Å². The van der Waals surface area contributed by atoms with Gasteiger partial charge in [-0.05, 0) is 44.2 Å². The molecule has 0 amide bonds. The van der Waals surface area contributed by atoms with Gasteiger partial charge in [-0.1, -0.05) is 25.1 Å². The van der Waals surface area contributed by atoms with Crippen molar-refractivity contribution in [1.82, 2.24) is 10.6 Å². The molecule has 3 unspecified atom stereocenters. The van der Waals surface area contributed by atoms with Gasteiger partial charge in [0.15, 0.2) is 5.96 Å². The van der Waals surface area contributed by atoms with Crippen molar-refractivity contribution >= 4 is 35.6 Å². The highest BCUT2D eigenvalue weighted by Gasteiger charge is 2.33. The summed E-state index contributed by atoms with van der Waals surface area (Å²) in [6.45, 7) is 9.52. The van der Waals surface area contributed by atoms with Gasteiger partial charge >= 0.3 is 0 Å². The lowest BCUT2D eigenvalue weighted by molar-refractivity contribution is 0.656. The van der Waals surface area contributed by atoms with Crippen molar-refractivity contribution in [3.05, 3.63) is 29.8 Å². The predicted molar refractivity (Wildman–Crippen MR) is 109 cm³/mol. The molecule has 0 aromatic heterocycles. The topological polar surface area (TPSA) is 39.7 Å². The van der Waals surface area contributed by atoms with E-state index in [0.29, 0.717) is 12.1 Å². The van der Waals surface area contributed by atoms with Crippen LogP contribution in [0.15, 0.2) is 29.3 Å². The normalized spacial score (nSPS) is 23.8. The molecule has 1 aliphatic heterocycles. The lowest BCUT2D eigenvalue weighted by atomic mass is 10.2. The largest absolute Gasteiger partial charge is 0.366 e. The van der Waals surface area contributed by atoms with Gasteiger partial charge in [-0.2, -0.15) is 0 Å². The molecule has 0 spiro atoms. The Balaban J connectivity index is 0.00000192. The zero-order chi connectivity index (χ0) is 15.5. The maximum atomic E-state index is 4.80. The monoisotopic (exact) mass is 428 g/mol. The maximum absolute atomic E-state index is 4.80. The van der Waals surface area contributed by atoms with E-state index in [-0.39, 0.29) is 24.0 Å². The van der Waals surface area contributed by atoms with Crippen LogP contribution in [-0.4, -0.2) is 37.7 Å². The smallest absolute Gasteiger partial charge is 0.191 e. The van der Waals surface area contributed by atoms with Crippen LogP contribution < -0.4 is 15.5 Å². The minimum atomic E-state index is 0. The second kappa shape index (κ2) is 8.22. The fourth-order valence-electron chi connectivity index (χ4n) is 3.16. The van der Waals surface area contributed by atoms with Crippen LogP contribution in [0.4, 0.5) is 5.69 Å². The second-order valence-electron chi connectivity index (χ2n) is 6.60. The first-order valence-corrected chi connectivity index (χ1v) is 8.58. The van der Waals surface area contributed by atoms with Gasteiger partial charge in [-0.25, -0.2) is 0 Å². The summed E-state index contributed by atoms with van der Waals surface area (Å²) in [4.78, 5) is 7.29. The molecule has 1 aliphatic carbocycles. The third-order valence-electron chi connectivity index (χ3n) is 4.74. The molecule has 2 N–H and O–H groups in total. The van der Waals surface area contributed by atoms with E-state index in [1.54, 1.807) is 0 Å². The highest BCUT2D eigenvalue weighted by molar-refractivity contribution is 14.0. The number of guanidine groups is 1. The van der Waals surface area contributed by atoms with Crippen LogP contribution in [0.1, 0.15) is 32.8 Å². The van der Waals surface area contributed by atoms with Gasteiger partial charge in [0.25, 0.3) is 0 Å². The molecule has 3 atom stereocenters. The van der Waals surface area contributed by atoms with E-state index in [4.69, 9.17) is 4.99 Å². The van der Waals surface area contributed by atoms with Crippen LogP contribution >= 0.6 is 24.0 Å². The summed E-state index contributed by atoms with van der Waals surface area (Å²) in [6, 6.07) is 9.78. The highest BCUT2D eigenvalue weighted by Crippen LogP contribution is 2.30. The molecule has 23 heavy (non-hydrogen) atoms. The Hall–Kier alpha value is -0.980. The summed E-state index contributed by atoms with van der Waals surface area (Å²) < 4.78 is 0. The average Bonchev–Trinajstić information content (AvgIpc) is 3.04. The molecular weight excluding hydrogens is 399 g/mol. The van der Waals surface area contributed by atoms with Crippen molar-refractivity contribution in [2.45, 2.75) is 45.7 Å². The van der Waals surface area contributed by atoms with Crippen LogP contribution in [0.2, 0.25) is 0 Å². The van der Waals surface area contributed by atoms with Crippen LogP contribution in [0.25, 0.3) is 0 Å². The highest BCUT2D eigenvalue weighted by atomic mass is 127. The number of anilines is 1. The fraction of sp³-hybridized carbons (Fsp3) is 0.611. The van der Waals surface area contributed by atoms with Crippen molar-refractivity contribution in [3.63, 3.8) is 0 Å². The first-order chi connectivity index (χ1) is 10.7. The number of benzene rings is 1. The predicted octanol–water partition coefficient (Wildman–Crippen LogP) is 3.02. The molecular formula is C18H29IN4. The lowest BCUT2D eigenvalue weighted by Gasteiger charge is -2.26.